The zero-order valence-electron chi connectivity index (χ0n) is 15.5. The van der Waals surface area contributed by atoms with Crippen molar-refractivity contribution in [3.8, 4) is 0 Å². The second kappa shape index (κ2) is 8.79. The Bertz CT molecular complexity index is 728. The van der Waals surface area contributed by atoms with Crippen molar-refractivity contribution in [3.63, 3.8) is 0 Å². The van der Waals surface area contributed by atoms with Crippen LogP contribution < -0.4 is 10.6 Å². The average molecular weight is 340 g/mol. The minimum atomic E-state index is -0.578. The standard InChI is InChI=1S/C21H28N2O2/c1-14-9-7-11-19(17(14)4)23-21(25)12-16(3)22-13-20(24)18-10-6-5-8-15(18)2/h5-11,16,20,22,24H,12-13H2,1-4H3,(H,23,25). The first-order valence-corrected chi connectivity index (χ1v) is 8.71. The maximum Gasteiger partial charge on any atom is 0.225 e. The number of hydrogen-bond donors (Lipinski definition) is 3. The molecule has 4 nitrogen and oxygen atoms in total. The first-order valence-electron chi connectivity index (χ1n) is 8.71. The Morgan fingerprint density at radius 3 is 2.44 bits per heavy atom. The van der Waals surface area contributed by atoms with Gasteiger partial charge in [-0.15, -0.1) is 0 Å². The zero-order chi connectivity index (χ0) is 18.4. The largest absolute Gasteiger partial charge is 0.387 e. The number of carbonyl (C=O) groups excluding carboxylic acids is 1. The predicted octanol–water partition coefficient (Wildman–Crippen LogP) is 3.65. The zero-order valence-corrected chi connectivity index (χ0v) is 15.5. The van der Waals surface area contributed by atoms with Gasteiger partial charge in [-0.25, -0.2) is 0 Å². The van der Waals surface area contributed by atoms with Gasteiger partial charge in [-0.2, -0.15) is 0 Å². The van der Waals surface area contributed by atoms with E-state index in [1.165, 1.54) is 0 Å². The Morgan fingerprint density at radius 1 is 1.04 bits per heavy atom. The van der Waals surface area contributed by atoms with E-state index in [1.54, 1.807) is 0 Å². The Balaban J connectivity index is 1.83. The summed E-state index contributed by atoms with van der Waals surface area (Å²) in [5, 5.41) is 16.5. The van der Waals surface area contributed by atoms with E-state index in [9.17, 15) is 9.90 Å². The van der Waals surface area contributed by atoms with Crippen molar-refractivity contribution < 1.29 is 9.90 Å². The number of aryl methyl sites for hydroxylation is 2. The molecule has 2 atom stereocenters. The number of anilines is 1. The van der Waals surface area contributed by atoms with E-state index in [-0.39, 0.29) is 11.9 Å². The molecular formula is C21H28N2O2. The van der Waals surface area contributed by atoms with Gasteiger partial charge in [0.15, 0.2) is 0 Å². The van der Waals surface area contributed by atoms with Gasteiger partial charge in [0.2, 0.25) is 5.91 Å². The lowest BCUT2D eigenvalue weighted by Gasteiger charge is -2.19. The average Bonchev–Trinajstić information content (AvgIpc) is 2.57. The van der Waals surface area contributed by atoms with E-state index in [1.807, 2.05) is 70.2 Å². The van der Waals surface area contributed by atoms with Crippen molar-refractivity contribution in [1.82, 2.24) is 5.32 Å². The summed E-state index contributed by atoms with van der Waals surface area (Å²) in [4.78, 5) is 12.2. The van der Waals surface area contributed by atoms with Gasteiger partial charge in [-0.1, -0.05) is 36.4 Å². The third-order valence-electron chi connectivity index (χ3n) is 4.58. The molecule has 0 fully saturated rings. The molecule has 0 spiro atoms. The van der Waals surface area contributed by atoms with Crippen LogP contribution in [0.4, 0.5) is 5.69 Å². The van der Waals surface area contributed by atoms with Crippen LogP contribution in [0, 0.1) is 20.8 Å². The highest BCUT2D eigenvalue weighted by Gasteiger charge is 2.14. The van der Waals surface area contributed by atoms with E-state index in [0.717, 1.165) is 27.9 Å². The van der Waals surface area contributed by atoms with Crippen LogP contribution in [-0.2, 0) is 4.79 Å². The molecule has 2 unspecified atom stereocenters. The Labute approximate surface area is 150 Å². The summed E-state index contributed by atoms with van der Waals surface area (Å²) in [6.07, 6.45) is -0.223. The number of benzene rings is 2. The van der Waals surface area contributed by atoms with Crippen LogP contribution in [0.2, 0.25) is 0 Å². The molecule has 0 radical (unpaired) electrons. The molecule has 4 heteroatoms. The number of carbonyl (C=O) groups is 1. The van der Waals surface area contributed by atoms with Gasteiger partial charge in [-0.05, 0) is 56.0 Å². The fourth-order valence-electron chi connectivity index (χ4n) is 2.82. The molecule has 25 heavy (non-hydrogen) atoms. The molecule has 2 aromatic carbocycles. The van der Waals surface area contributed by atoms with Crippen molar-refractivity contribution in [2.75, 3.05) is 11.9 Å². The van der Waals surface area contributed by atoms with Crippen LogP contribution in [0.3, 0.4) is 0 Å². The first kappa shape index (κ1) is 19.2. The summed E-state index contributed by atoms with van der Waals surface area (Å²) < 4.78 is 0. The molecule has 0 aliphatic heterocycles. The molecule has 0 heterocycles. The summed E-state index contributed by atoms with van der Waals surface area (Å²) in [5.74, 6) is -0.0286. The predicted molar refractivity (Wildman–Crippen MR) is 103 cm³/mol. The van der Waals surface area contributed by atoms with Gasteiger partial charge in [0.25, 0.3) is 0 Å². The molecule has 0 saturated carbocycles. The second-order valence-electron chi connectivity index (χ2n) is 6.68. The molecule has 134 valence electrons. The molecule has 0 saturated heterocycles. The molecular weight excluding hydrogens is 312 g/mol. The van der Waals surface area contributed by atoms with Crippen LogP contribution in [0.25, 0.3) is 0 Å². The summed E-state index contributed by atoms with van der Waals surface area (Å²) in [5.41, 5.74) is 5.09. The minimum Gasteiger partial charge on any atom is -0.387 e. The minimum absolute atomic E-state index is 0.0243. The highest BCUT2D eigenvalue weighted by Crippen LogP contribution is 2.19. The Hall–Kier alpha value is -2.17. The van der Waals surface area contributed by atoms with E-state index in [0.29, 0.717) is 13.0 Å². The number of amides is 1. The van der Waals surface area contributed by atoms with Crippen LogP contribution in [0.15, 0.2) is 42.5 Å². The van der Waals surface area contributed by atoms with Gasteiger partial charge in [-0.3, -0.25) is 4.79 Å². The van der Waals surface area contributed by atoms with Crippen LogP contribution in [0.5, 0.6) is 0 Å². The van der Waals surface area contributed by atoms with Gasteiger partial charge >= 0.3 is 0 Å². The molecule has 1 amide bonds. The van der Waals surface area contributed by atoms with Crippen LogP contribution in [-0.4, -0.2) is 23.6 Å². The molecule has 2 rings (SSSR count). The first-order chi connectivity index (χ1) is 11.9. The topological polar surface area (TPSA) is 61.4 Å². The Kier molecular flexibility index (Phi) is 6.73. The molecule has 2 aromatic rings. The van der Waals surface area contributed by atoms with Crippen LogP contribution >= 0.6 is 0 Å². The van der Waals surface area contributed by atoms with Gasteiger partial charge in [0.1, 0.15) is 0 Å². The summed E-state index contributed by atoms with van der Waals surface area (Å²) in [7, 11) is 0. The molecule has 0 aromatic heterocycles. The van der Waals surface area contributed by atoms with Gasteiger partial charge < -0.3 is 15.7 Å². The monoisotopic (exact) mass is 340 g/mol. The number of hydrogen-bond acceptors (Lipinski definition) is 3. The number of rotatable bonds is 7. The lowest BCUT2D eigenvalue weighted by molar-refractivity contribution is -0.116. The van der Waals surface area contributed by atoms with E-state index >= 15 is 0 Å². The number of nitrogens with one attached hydrogen (secondary N) is 2. The lowest BCUT2D eigenvalue weighted by atomic mass is 10.0. The third-order valence-corrected chi connectivity index (χ3v) is 4.58. The smallest absolute Gasteiger partial charge is 0.225 e. The fourth-order valence-corrected chi connectivity index (χ4v) is 2.82. The maximum atomic E-state index is 12.2. The number of aliphatic hydroxyl groups is 1. The van der Waals surface area contributed by atoms with Crippen LogP contribution in [0.1, 0.15) is 41.7 Å². The second-order valence-corrected chi connectivity index (χ2v) is 6.68. The fraction of sp³-hybridized carbons (Fsp3) is 0.381. The summed E-state index contributed by atoms with van der Waals surface area (Å²) in [6, 6.07) is 13.7. The van der Waals surface area contributed by atoms with Gasteiger partial charge in [0, 0.05) is 24.7 Å². The van der Waals surface area contributed by atoms with Crippen molar-refractivity contribution >= 4 is 11.6 Å². The molecule has 0 bridgehead atoms. The highest BCUT2D eigenvalue weighted by molar-refractivity contribution is 5.92. The van der Waals surface area contributed by atoms with Crippen molar-refractivity contribution in [3.05, 3.63) is 64.7 Å². The van der Waals surface area contributed by atoms with E-state index in [4.69, 9.17) is 0 Å². The SMILES string of the molecule is Cc1ccccc1C(O)CNC(C)CC(=O)Nc1cccc(C)c1C. The molecule has 3 N–H and O–H groups in total. The normalized spacial score (nSPS) is 13.3. The van der Waals surface area contributed by atoms with Gasteiger partial charge in [0.05, 0.1) is 6.10 Å². The number of aliphatic hydroxyl groups excluding tert-OH is 1. The highest BCUT2D eigenvalue weighted by atomic mass is 16.3. The summed E-state index contributed by atoms with van der Waals surface area (Å²) in [6.45, 7) is 8.39. The van der Waals surface area contributed by atoms with E-state index < -0.39 is 6.10 Å². The molecule has 0 aliphatic rings. The van der Waals surface area contributed by atoms with E-state index in [2.05, 4.69) is 10.6 Å². The van der Waals surface area contributed by atoms with Crippen molar-refractivity contribution in [1.29, 1.82) is 0 Å². The quantitative estimate of drug-likeness (QED) is 0.721. The lowest BCUT2D eigenvalue weighted by Crippen LogP contribution is -2.33. The Morgan fingerprint density at radius 2 is 1.72 bits per heavy atom. The van der Waals surface area contributed by atoms with Crippen molar-refractivity contribution in [2.24, 2.45) is 0 Å². The van der Waals surface area contributed by atoms with Crippen molar-refractivity contribution in [2.45, 2.75) is 46.3 Å². The molecule has 0 aliphatic carbocycles. The maximum absolute atomic E-state index is 12.2. The third kappa shape index (κ3) is 5.41. The summed E-state index contributed by atoms with van der Waals surface area (Å²) >= 11 is 0.